The van der Waals surface area contributed by atoms with E-state index in [4.69, 9.17) is 9.84 Å². The van der Waals surface area contributed by atoms with Crippen molar-refractivity contribution in [3.63, 3.8) is 0 Å². The maximum absolute atomic E-state index is 11.1. The molecule has 30 heavy (non-hydrogen) atoms. The molecule has 0 aliphatic carbocycles. The zero-order valence-electron chi connectivity index (χ0n) is 16.8. The van der Waals surface area contributed by atoms with Crippen molar-refractivity contribution in [3.8, 4) is 5.75 Å². The van der Waals surface area contributed by atoms with Crippen LogP contribution in [0, 0.1) is 6.92 Å². The number of rotatable bonds is 7. The van der Waals surface area contributed by atoms with Gasteiger partial charge in [0, 0.05) is 17.8 Å². The number of carboxylic acid groups (broad SMARTS) is 1. The molecule has 4 aromatic carbocycles. The Bertz CT molecular complexity index is 1170. The zero-order chi connectivity index (χ0) is 20.9. The molecule has 0 fully saturated rings. The first-order valence-electron chi connectivity index (χ1n) is 9.86. The van der Waals surface area contributed by atoms with Crippen LogP contribution in [-0.2, 0) is 13.2 Å². The first-order valence-corrected chi connectivity index (χ1v) is 9.86. The smallest absolute Gasteiger partial charge is 0.335 e. The lowest BCUT2D eigenvalue weighted by molar-refractivity contribution is 0.0697. The van der Waals surface area contributed by atoms with Crippen LogP contribution in [0.15, 0.2) is 84.9 Å². The van der Waals surface area contributed by atoms with Gasteiger partial charge in [0.2, 0.25) is 0 Å². The van der Waals surface area contributed by atoms with Gasteiger partial charge in [-0.2, -0.15) is 0 Å². The van der Waals surface area contributed by atoms with Gasteiger partial charge in [0.05, 0.1) is 5.56 Å². The molecule has 0 atom stereocenters. The Morgan fingerprint density at radius 3 is 2.37 bits per heavy atom. The minimum atomic E-state index is -0.928. The molecule has 0 radical (unpaired) electrons. The second-order valence-electron chi connectivity index (χ2n) is 7.27. The lowest BCUT2D eigenvalue weighted by Crippen LogP contribution is -2.05. The van der Waals surface area contributed by atoms with Gasteiger partial charge in [-0.25, -0.2) is 4.79 Å². The molecule has 2 N–H and O–H groups in total. The highest BCUT2D eigenvalue weighted by Gasteiger charge is 2.10. The summed E-state index contributed by atoms with van der Waals surface area (Å²) in [7, 11) is 0. The van der Waals surface area contributed by atoms with E-state index in [9.17, 15) is 4.79 Å². The van der Waals surface area contributed by atoms with Gasteiger partial charge in [-0.15, -0.1) is 0 Å². The Morgan fingerprint density at radius 1 is 0.900 bits per heavy atom. The largest absolute Gasteiger partial charge is 0.489 e. The molecule has 0 aliphatic heterocycles. The molecule has 150 valence electrons. The number of hydrogen-bond acceptors (Lipinski definition) is 3. The lowest BCUT2D eigenvalue weighted by atomic mass is 10.0. The van der Waals surface area contributed by atoms with E-state index >= 15 is 0 Å². The number of aryl methyl sites for hydroxylation is 1. The second-order valence-corrected chi connectivity index (χ2v) is 7.27. The van der Waals surface area contributed by atoms with Crippen LogP contribution < -0.4 is 10.1 Å². The molecule has 4 rings (SSSR count). The van der Waals surface area contributed by atoms with Crippen LogP contribution >= 0.6 is 0 Å². The first kappa shape index (κ1) is 19.5. The number of anilines is 1. The van der Waals surface area contributed by atoms with Crippen molar-refractivity contribution in [2.24, 2.45) is 0 Å². The number of carbonyl (C=O) groups is 1. The zero-order valence-corrected chi connectivity index (χ0v) is 16.8. The fraction of sp³-hybridized carbons (Fsp3) is 0.115. The van der Waals surface area contributed by atoms with Crippen LogP contribution in [0.3, 0.4) is 0 Å². The van der Waals surface area contributed by atoms with Crippen LogP contribution in [0.5, 0.6) is 5.75 Å². The number of fused-ring (bicyclic) bond motifs is 1. The van der Waals surface area contributed by atoms with Crippen LogP contribution in [0.4, 0.5) is 5.69 Å². The summed E-state index contributed by atoms with van der Waals surface area (Å²) in [6.45, 7) is 3.14. The monoisotopic (exact) mass is 397 g/mol. The number of aromatic carboxylic acids is 1. The molecule has 0 saturated carbocycles. The average molecular weight is 397 g/mol. The van der Waals surface area contributed by atoms with Gasteiger partial charge in [0.15, 0.2) is 0 Å². The summed E-state index contributed by atoms with van der Waals surface area (Å²) < 4.78 is 6.19. The van der Waals surface area contributed by atoms with Crippen molar-refractivity contribution in [3.05, 3.63) is 107 Å². The minimum Gasteiger partial charge on any atom is -0.489 e. The third-order valence-corrected chi connectivity index (χ3v) is 5.11. The summed E-state index contributed by atoms with van der Waals surface area (Å²) in [6.07, 6.45) is 0. The van der Waals surface area contributed by atoms with E-state index in [0.29, 0.717) is 13.2 Å². The van der Waals surface area contributed by atoms with Crippen molar-refractivity contribution in [2.45, 2.75) is 20.1 Å². The van der Waals surface area contributed by atoms with Crippen LogP contribution in [-0.4, -0.2) is 11.1 Å². The highest BCUT2D eigenvalue weighted by Crippen LogP contribution is 2.30. The molecule has 0 unspecified atom stereocenters. The van der Waals surface area contributed by atoms with Gasteiger partial charge in [-0.05, 0) is 53.6 Å². The van der Waals surface area contributed by atoms with E-state index in [0.717, 1.165) is 33.3 Å². The molecular weight excluding hydrogens is 374 g/mol. The van der Waals surface area contributed by atoms with E-state index in [-0.39, 0.29) is 5.56 Å². The molecule has 4 heteroatoms. The minimum absolute atomic E-state index is 0.271. The third-order valence-electron chi connectivity index (χ3n) is 5.11. The molecule has 0 aliphatic rings. The maximum atomic E-state index is 11.1. The van der Waals surface area contributed by atoms with Gasteiger partial charge in [-0.3, -0.25) is 0 Å². The summed E-state index contributed by atoms with van der Waals surface area (Å²) in [4.78, 5) is 11.1. The normalized spacial score (nSPS) is 10.7. The Morgan fingerprint density at radius 2 is 1.63 bits per heavy atom. The first-order chi connectivity index (χ1) is 14.6. The van der Waals surface area contributed by atoms with Crippen LogP contribution in [0.1, 0.15) is 27.0 Å². The molecule has 0 saturated heterocycles. The number of carboxylic acids is 1. The molecule has 0 bridgehead atoms. The topological polar surface area (TPSA) is 58.6 Å². The van der Waals surface area contributed by atoms with Crippen molar-refractivity contribution in [1.82, 2.24) is 0 Å². The average Bonchev–Trinajstić information content (AvgIpc) is 2.77. The Kier molecular flexibility index (Phi) is 5.66. The van der Waals surface area contributed by atoms with Crippen molar-refractivity contribution < 1.29 is 14.6 Å². The van der Waals surface area contributed by atoms with E-state index < -0.39 is 5.97 Å². The van der Waals surface area contributed by atoms with E-state index in [1.165, 1.54) is 5.56 Å². The third kappa shape index (κ3) is 4.44. The number of nitrogens with one attached hydrogen (secondary N) is 1. The number of ether oxygens (including phenoxy) is 1. The van der Waals surface area contributed by atoms with Crippen LogP contribution in [0.2, 0.25) is 0 Å². The molecule has 0 amide bonds. The van der Waals surface area contributed by atoms with E-state index in [1.54, 1.807) is 24.3 Å². The molecular formula is C26H23NO3. The Balaban J connectivity index is 1.58. The fourth-order valence-corrected chi connectivity index (χ4v) is 3.40. The highest BCUT2D eigenvalue weighted by molar-refractivity contribution is 5.89. The number of hydrogen-bond donors (Lipinski definition) is 2. The summed E-state index contributed by atoms with van der Waals surface area (Å²) in [5.41, 5.74) is 4.55. The predicted molar refractivity (Wildman–Crippen MR) is 120 cm³/mol. The van der Waals surface area contributed by atoms with Gasteiger partial charge < -0.3 is 15.2 Å². The fourth-order valence-electron chi connectivity index (χ4n) is 3.40. The van der Waals surface area contributed by atoms with Gasteiger partial charge in [0.1, 0.15) is 12.4 Å². The summed E-state index contributed by atoms with van der Waals surface area (Å²) in [5, 5.41) is 14.7. The molecule has 0 spiro atoms. The van der Waals surface area contributed by atoms with Crippen molar-refractivity contribution >= 4 is 22.4 Å². The maximum Gasteiger partial charge on any atom is 0.335 e. The van der Waals surface area contributed by atoms with Crippen molar-refractivity contribution in [2.75, 3.05) is 5.32 Å². The van der Waals surface area contributed by atoms with Gasteiger partial charge >= 0.3 is 5.97 Å². The lowest BCUT2D eigenvalue weighted by Gasteiger charge is -2.16. The molecule has 4 nitrogen and oxygen atoms in total. The Hall–Kier alpha value is -3.79. The highest BCUT2D eigenvalue weighted by atomic mass is 16.5. The second kappa shape index (κ2) is 8.70. The SMILES string of the molecule is Cc1ccc(COc2ccc3ccccc3c2CNc2ccc(C(=O)O)cc2)cc1. The molecule has 4 aromatic rings. The summed E-state index contributed by atoms with van der Waals surface area (Å²) >= 11 is 0. The number of benzene rings is 4. The van der Waals surface area contributed by atoms with Gasteiger partial charge in [0.25, 0.3) is 0 Å². The van der Waals surface area contributed by atoms with Gasteiger partial charge in [-0.1, -0.05) is 60.2 Å². The predicted octanol–water partition coefficient (Wildman–Crippen LogP) is 6.04. The molecule has 0 heterocycles. The molecule has 0 aromatic heterocycles. The van der Waals surface area contributed by atoms with E-state index in [2.05, 4.69) is 54.7 Å². The quantitative estimate of drug-likeness (QED) is 0.399. The Labute approximate surface area is 175 Å². The van der Waals surface area contributed by atoms with E-state index in [1.807, 2.05) is 18.2 Å². The standard InChI is InChI=1S/C26H23NO3/c1-18-6-8-19(9-7-18)17-30-25-15-12-20-4-2-3-5-23(20)24(25)16-27-22-13-10-21(11-14-22)26(28)29/h2-15,27H,16-17H2,1H3,(H,28,29). The summed E-state index contributed by atoms with van der Waals surface area (Å²) in [5.74, 6) is -0.0914. The summed E-state index contributed by atoms with van der Waals surface area (Å²) in [6, 6.07) is 27.4. The van der Waals surface area contributed by atoms with Crippen LogP contribution in [0.25, 0.3) is 10.8 Å². The van der Waals surface area contributed by atoms with Crippen molar-refractivity contribution in [1.29, 1.82) is 0 Å².